The summed E-state index contributed by atoms with van der Waals surface area (Å²) < 4.78 is 12.9. The molecule has 0 aliphatic carbocycles. The first-order chi connectivity index (χ1) is 12.0. The number of nitrogens with zero attached hydrogens (tertiary/aromatic N) is 4. The van der Waals surface area contributed by atoms with Crippen LogP contribution in [-0.2, 0) is 11.3 Å². The van der Waals surface area contributed by atoms with Gasteiger partial charge >= 0.3 is 0 Å². The Balaban J connectivity index is 1.64. The van der Waals surface area contributed by atoms with Crippen LogP contribution in [0.4, 0.5) is 4.39 Å². The molecule has 0 fully saturated rings. The van der Waals surface area contributed by atoms with Crippen LogP contribution in [0.3, 0.4) is 0 Å². The molecule has 0 saturated carbocycles. The number of hydrogen-bond acceptors (Lipinski definition) is 4. The Kier molecular flexibility index (Phi) is 5.04. The Morgan fingerprint density at radius 1 is 1.24 bits per heavy atom. The smallest absolute Gasteiger partial charge is 0.244 e. The van der Waals surface area contributed by atoms with Crippen LogP contribution in [0.5, 0.6) is 0 Å². The molecule has 1 N–H and O–H groups in total. The summed E-state index contributed by atoms with van der Waals surface area (Å²) in [5, 5.41) is 15.3. The highest BCUT2D eigenvalue weighted by Gasteiger charge is 2.14. The average molecular weight is 360 g/mol. The predicted molar refractivity (Wildman–Crippen MR) is 91.2 cm³/mol. The van der Waals surface area contributed by atoms with E-state index in [9.17, 15) is 9.18 Å². The van der Waals surface area contributed by atoms with Gasteiger partial charge in [-0.25, -0.2) is 4.39 Å². The molecule has 0 saturated heterocycles. The van der Waals surface area contributed by atoms with Gasteiger partial charge in [-0.1, -0.05) is 29.8 Å². The zero-order chi connectivity index (χ0) is 17.8. The Bertz CT molecular complexity index is 881. The summed E-state index contributed by atoms with van der Waals surface area (Å²) in [6.45, 7) is 1.76. The van der Waals surface area contributed by atoms with Gasteiger partial charge < -0.3 is 5.32 Å². The lowest BCUT2D eigenvalue weighted by molar-refractivity contribution is -0.122. The summed E-state index contributed by atoms with van der Waals surface area (Å²) in [4.78, 5) is 13.4. The van der Waals surface area contributed by atoms with Crippen LogP contribution < -0.4 is 5.32 Å². The number of aromatic nitrogens is 4. The van der Waals surface area contributed by atoms with Gasteiger partial charge in [-0.15, -0.1) is 10.2 Å². The van der Waals surface area contributed by atoms with Gasteiger partial charge in [-0.3, -0.25) is 4.79 Å². The zero-order valence-corrected chi connectivity index (χ0v) is 14.1. The summed E-state index contributed by atoms with van der Waals surface area (Å²) in [6.07, 6.45) is 0. The van der Waals surface area contributed by atoms with Crippen molar-refractivity contribution in [2.75, 3.05) is 0 Å². The monoisotopic (exact) mass is 359 g/mol. The SMILES string of the molecule is CC(NC(=O)Cn1nnc(-c2ccc(F)cc2)n1)c1ccccc1Cl. The predicted octanol–water partition coefficient (Wildman–Crippen LogP) is 3.01. The number of benzene rings is 2. The number of carbonyl (C=O) groups excluding carboxylic acids is 1. The standard InChI is InChI=1S/C17H15ClFN5O/c1-11(14-4-2-3-5-15(14)18)20-16(25)10-24-22-17(21-23-24)12-6-8-13(19)9-7-12/h2-9,11H,10H2,1H3,(H,20,25). The maximum atomic E-state index is 12.9. The van der Waals surface area contributed by atoms with Crippen molar-refractivity contribution in [1.82, 2.24) is 25.5 Å². The molecular weight excluding hydrogens is 345 g/mol. The van der Waals surface area contributed by atoms with Gasteiger partial charge in [-0.05, 0) is 48.0 Å². The molecule has 0 aliphatic rings. The van der Waals surface area contributed by atoms with Gasteiger partial charge in [0, 0.05) is 10.6 Å². The number of tetrazole rings is 1. The minimum Gasteiger partial charge on any atom is -0.348 e. The van der Waals surface area contributed by atoms with Crippen molar-refractivity contribution >= 4 is 17.5 Å². The van der Waals surface area contributed by atoms with E-state index in [1.54, 1.807) is 18.2 Å². The second-order valence-electron chi connectivity index (χ2n) is 5.46. The molecule has 25 heavy (non-hydrogen) atoms. The van der Waals surface area contributed by atoms with E-state index in [0.29, 0.717) is 16.4 Å². The summed E-state index contributed by atoms with van der Waals surface area (Å²) >= 11 is 6.13. The van der Waals surface area contributed by atoms with Crippen LogP contribution in [0.25, 0.3) is 11.4 Å². The van der Waals surface area contributed by atoms with Gasteiger partial charge in [0.2, 0.25) is 11.7 Å². The first kappa shape index (κ1) is 17.0. The van der Waals surface area contributed by atoms with Crippen LogP contribution in [-0.4, -0.2) is 26.1 Å². The highest BCUT2D eigenvalue weighted by molar-refractivity contribution is 6.31. The van der Waals surface area contributed by atoms with Crippen molar-refractivity contribution in [3.8, 4) is 11.4 Å². The van der Waals surface area contributed by atoms with Gasteiger partial charge in [0.15, 0.2) is 0 Å². The van der Waals surface area contributed by atoms with Crippen LogP contribution in [0, 0.1) is 5.82 Å². The molecule has 0 radical (unpaired) electrons. The molecule has 3 aromatic rings. The van der Waals surface area contributed by atoms with Gasteiger partial charge in [0.05, 0.1) is 6.04 Å². The zero-order valence-electron chi connectivity index (χ0n) is 13.4. The largest absolute Gasteiger partial charge is 0.348 e. The first-order valence-electron chi connectivity index (χ1n) is 7.60. The Hall–Kier alpha value is -2.80. The minimum atomic E-state index is -0.343. The molecule has 0 bridgehead atoms. The number of hydrogen-bond donors (Lipinski definition) is 1. The van der Waals surface area contributed by atoms with Crippen LogP contribution in [0.15, 0.2) is 48.5 Å². The van der Waals surface area contributed by atoms with E-state index in [4.69, 9.17) is 11.6 Å². The second kappa shape index (κ2) is 7.40. The van der Waals surface area contributed by atoms with Crippen molar-refractivity contribution in [2.45, 2.75) is 19.5 Å². The molecule has 8 heteroatoms. The molecule has 6 nitrogen and oxygen atoms in total. The fourth-order valence-corrected chi connectivity index (χ4v) is 2.64. The van der Waals surface area contributed by atoms with E-state index in [-0.39, 0.29) is 24.3 Å². The van der Waals surface area contributed by atoms with Crippen molar-refractivity contribution in [2.24, 2.45) is 0 Å². The molecule has 2 aromatic carbocycles. The Labute approximate surface area is 148 Å². The van der Waals surface area contributed by atoms with E-state index in [0.717, 1.165) is 5.56 Å². The maximum absolute atomic E-state index is 12.9. The highest BCUT2D eigenvalue weighted by Crippen LogP contribution is 2.22. The lowest BCUT2D eigenvalue weighted by Crippen LogP contribution is -2.31. The quantitative estimate of drug-likeness (QED) is 0.760. The van der Waals surface area contributed by atoms with Crippen LogP contribution in [0.2, 0.25) is 5.02 Å². The lowest BCUT2D eigenvalue weighted by Gasteiger charge is -2.15. The highest BCUT2D eigenvalue weighted by atomic mass is 35.5. The van der Waals surface area contributed by atoms with Crippen LogP contribution >= 0.6 is 11.6 Å². The van der Waals surface area contributed by atoms with E-state index in [1.165, 1.54) is 16.9 Å². The third kappa shape index (κ3) is 4.19. The molecule has 1 atom stereocenters. The molecule has 1 unspecified atom stereocenters. The first-order valence-corrected chi connectivity index (χ1v) is 7.98. The molecule has 1 amide bonds. The maximum Gasteiger partial charge on any atom is 0.244 e. The van der Waals surface area contributed by atoms with E-state index in [1.807, 2.05) is 25.1 Å². The summed E-state index contributed by atoms with van der Waals surface area (Å²) in [7, 11) is 0. The third-order valence-electron chi connectivity index (χ3n) is 3.59. The van der Waals surface area contributed by atoms with E-state index < -0.39 is 0 Å². The Morgan fingerprint density at radius 3 is 2.68 bits per heavy atom. The molecular formula is C17H15ClFN5O. The molecule has 0 spiro atoms. The topological polar surface area (TPSA) is 72.7 Å². The summed E-state index contributed by atoms with van der Waals surface area (Å²) in [5.74, 6) is -0.286. The van der Waals surface area contributed by atoms with Crippen LogP contribution in [0.1, 0.15) is 18.5 Å². The fraction of sp³-hybridized carbons (Fsp3) is 0.176. The minimum absolute atomic E-state index is 0.0804. The number of amides is 1. The summed E-state index contributed by atoms with van der Waals surface area (Å²) in [6, 6.07) is 12.8. The van der Waals surface area contributed by atoms with Gasteiger partial charge in [0.1, 0.15) is 12.4 Å². The molecule has 1 aromatic heterocycles. The number of carbonyl (C=O) groups is 1. The summed E-state index contributed by atoms with van der Waals surface area (Å²) in [5.41, 5.74) is 1.45. The van der Waals surface area contributed by atoms with Crippen molar-refractivity contribution < 1.29 is 9.18 Å². The number of nitrogens with one attached hydrogen (secondary N) is 1. The number of rotatable bonds is 5. The van der Waals surface area contributed by atoms with Gasteiger partial charge in [0.25, 0.3) is 0 Å². The lowest BCUT2D eigenvalue weighted by atomic mass is 10.1. The van der Waals surface area contributed by atoms with Crippen molar-refractivity contribution in [1.29, 1.82) is 0 Å². The third-order valence-corrected chi connectivity index (χ3v) is 3.93. The van der Waals surface area contributed by atoms with Gasteiger partial charge in [-0.2, -0.15) is 4.80 Å². The van der Waals surface area contributed by atoms with Crippen molar-refractivity contribution in [3.63, 3.8) is 0 Å². The molecule has 128 valence electrons. The van der Waals surface area contributed by atoms with Crippen molar-refractivity contribution in [3.05, 3.63) is 64.9 Å². The normalized spacial score (nSPS) is 12.0. The number of halogens is 2. The molecule has 0 aliphatic heterocycles. The van der Waals surface area contributed by atoms with E-state index >= 15 is 0 Å². The fourth-order valence-electron chi connectivity index (χ4n) is 2.34. The molecule has 3 rings (SSSR count). The molecule has 1 heterocycles. The van der Waals surface area contributed by atoms with E-state index in [2.05, 4.69) is 20.7 Å². The Morgan fingerprint density at radius 2 is 1.96 bits per heavy atom. The second-order valence-corrected chi connectivity index (χ2v) is 5.87. The average Bonchev–Trinajstić information content (AvgIpc) is 3.04.